The van der Waals surface area contributed by atoms with Gasteiger partial charge in [0.25, 0.3) is 21.4 Å². The van der Waals surface area contributed by atoms with Crippen molar-refractivity contribution in [2.75, 3.05) is 13.6 Å². The molecule has 0 radical (unpaired) electrons. The first-order valence-electron chi connectivity index (χ1n) is 4.90. The molecule has 0 spiro atoms. The largest absolute Gasteiger partial charge is 0.336 e. The van der Waals surface area contributed by atoms with Gasteiger partial charge < -0.3 is 4.90 Å². The van der Waals surface area contributed by atoms with E-state index in [1.807, 2.05) is 0 Å². The van der Waals surface area contributed by atoms with E-state index in [9.17, 15) is 22.0 Å². The lowest BCUT2D eigenvalue weighted by Crippen LogP contribution is -2.31. The molecule has 0 saturated heterocycles. The molecule has 106 valence electrons. The van der Waals surface area contributed by atoms with Gasteiger partial charge in [-0.1, -0.05) is 11.6 Å². The Kier molecular flexibility index (Phi) is 5.11. The van der Waals surface area contributed by atoms with Crippen LogP contribution in [0.1, 0.15) is 10.4 Å². The van der Waals surface area contributed by atoms with Crippen LogP contribution in [0, 0.1) is 0 Å². The highest BCUT2D eigenvalue weighted by Crippen LogP contribution is 2.26. The number of benzene rings is 1. The average Bonchev–Trinajstić information content (AvgIpc) is 2.26. The van der Waals surface area contributed by atoms with Crippen molar-refractivity contribution in [2.45, 2.75) is 11.3 Å². The summed E-state index contributed by atoms with van der Waals surface area (Å²) in [7, 11) is 2.21. The number of alkyl halides is 2. The van der Waals surface area contributed by atoms with Crippen LogP contribution >= 0.6 is 22.3 Å². The van der Waals surface area contributed by atoms with Crippen molar-refractivity contribution >= 4 is 37.2 Å². The van der Waals surface area contributed by atoms with Crippen LogP contribution in [0.2, 0.25) is 5.02 Å². The highest BCUT2D eigenvalue weighted by molar-refractivity contribution is 8.13. The quantitative estimate of drug-likeness (QED) is 0.797. The smallest absolute Gasteiger partial charge is 0.262 e. The second kappa shape index (κ2) is 6.02. The number of rotatable bonds is 4. The third-order valence-corrected chi connectivity index (χ3v) is 4.00. The molecule has 1 amide bonds. The summed E-state index contributed by atoms with van der Waals surface area (Å²) in [5, 5.41) is -0.150. The van der Waals surface area contributed by atoms with Crippen LogP contribution in [-0.2, 0) is 9.05 Å². The number of nitrogens with zero attached hydrogens (tertiary/aromatic N) is 1. The predicted molar refractivity (Wildman–Crippen MR) is 67.5 cm³/mol. The monoisotopic (exact) mass is 331 g/mol. The molecule has 0 aliphatic rings. The standard InChI is InChI=1S/C10H9Cl2F2NO3S/c1-15(5-9(13)14)10(16)6-2-3-7(11)8(4-6)19(12,17)18/h2-4,9H,5H2,1H3. The Balaban J connectivity index is 3.13. The SMILES string of the molecule is CN(CC(F)F)C(=O)c1ccc(Cl)c(S(=O)(=O)Cl)c1. The van der Waals surface area contributed by atoms with Crippen molar-refractivity contribution in [3.63, 3.8) is 0 Å². The minimum Gasteiger partial charge on any atom is -0.336 e. The highest BCUT2D eigenvalue weighted by Gasteiger charge is 2.20. The topological polar surface area (TPSA) is 54.5 Å². The van der Waals surface area contributed by atoms with Crippen LogP contribution in [0.25, 0.3) is 0 Å². The fourth-order valence-corrected chi connectivity index (χ4v) is 2.83. The summed E-state index contributed by atoms with van der Waals surface area (Å²) in [5.74, 6) is -0.751. The van der Waals surface area contributed by atoms with Gasteiger partial charge in [0.05, 0.1) is 11.6 Å². The Hall–Kier alpha value is -0.920. The molecule has 1 aromatic rings. The molecule has 0 aliphatic heterocycles. The van der Waals surface area contributed by atoms with E-state index in [4.69, 9.17) is 22.3 Å². The molecule has 0 fully saturated rings. The summed E-state index contributed by atoms with van der Waals surface area (Å²) in [5.41, 5.74) is -0.0909. The first-order chi connectivity index (χ1) is 8.62. The van der Waals surface area contributed by atoms with Gasteiger partial charge >= 0.3 is 0 Å². The Morgan fingerprint density at radius 2 is 2.00 bits per heavy atom. The Labute approximate surface area is 118 Å². The van der Waals surface area contributed by atoms with Gasteiger partial charge in [-0.25, -0.2) is 17.2 Å². The van der Waals surface area contributed by atoms with Gasteiger partial charge in [0, 0.05) is 23.3 Å². The first-order valence-corrected chi connectivity index (χ1v) is 7.59. The van der Waals surface area contributed by atoms with E-state index >= 15 is 0 Å². The summed E-state index contributed by atoms with van der Waals surface area (Å²) in [6.45, 7) is -0.760. The molecule has 1 rings (SSSR count). The van der Waals surface area contributed by atoms with Crippen LogP contribution < -0.4 is 0 Å². The van der Waals surface area contributed by atoms with Crippen LogP contribution in [0.3, 0.4) is 0 Å². The molecule has 0 atom stereocenters. The van der Waals surface area contributed by atoms with Crippen molar-refractivity contribution in [1.82, 2.24) is 4.90 Å². The van der Waals surface area contributed by atoms with E-state index in [0.29, 0.717) is 0 Å². The fraction of sp³-hybridized carbons (Fsp3) is 0.300. The number of carbonyl (C=O) groups excluding carboxylic acids is 1. The lowest BCUT2D eigenvalue weighted by molar-refractivity contribution is 0.0620. The van der Waals surface area contributed by atoms with Gasteiger partial charge in [-0.2, -0.15) is 0 Å². The highest BCUT2D eigenvalue weighted by atomic mass is 35.7. The molecule has 0 saturated carbocycles. The van der Waals surface area contributed by atoms with Gasteiger partial charge in [-0.05, 0) is 18.2 Å². The molecule has 9 heteroatoms. The second-order valence-electron chi connectivity index (χ2n) is 3.66. The van der Waals surface area contributed by atoms with E-state index in [1.165, 1.54) is 19.2 Å². The summed E-state index contributed by atoms with van der Waals surface area (Å²) in [6, 6.07) is 3.35. The van der Waals surface area contributed by atoms with Crippen molar-refractivity contribution in [3.8, 4) is 0 Å². The summed E-state index contributed by atoms with van der Waals surface area (Å²) < 4.78 is 46.7. The lowest BCUT2D eigenvalue weighted by atomic mass is 10.2. The summed E-state index contributed by atoms with van der Waals surface area (Å²) in [6.07, 6.45) is -2.68. The predicted octanol–water partition coefficient (Wildman–Crippen LogP) is 2.60. The minimum atomic E-state index is -4.12. The minimum absolute atomic E-state index is 0.0909. The van der Waals surface area contributed by atoms with Gasteiger partial charge in [0.1, 0.15) is 4.90 Å². The molecule has 0 unspecified atom stereocenters. The molecule has 0 heterocycles. The van der Waals surface area contributed by atoms with Gasteiger partial charge in [-0.3, -0.25) is 4.79 Å². The molecule has 0 bridgehead atoms. The molecule has 0 aromatic heterocycles. The molecule has 19 heavy (non-hydrogen) atoms. The van der Waals surface area contributed by atoms with Gasteiger partial charge in [-0.15, -0.1) is 0 Å². The zero-order chi connectivity index (χ0) is 14.8. The van der Waals surface area contributed by atoms with Gasteiger partial charge in [0.15, 0.2) is 0 Å². The molecular weight excluding hydrogens is 323 g/mol. The first kappa shape index (κ1) is 16.1. The molecular formula is C10H9Cl2F2NO3S. The fourth-order valence-electron chi connectivity index (χ4n) is 1.33. The Bertz CT molecular complexity index is 592. The third kappa shape index (κ3) is 4.29. The van der Waals surface area contributed by atoms with Crippen molar-refractivity contribution < 1.29 is 22.0 Å². The van der Waals surface area contributed by atoms with E-state index in [2.05, 4.69) is 0 Å². The normalized spacial score (nSPS) is 11.7. The zero-order valence-electron chi connectivity index (χ0n) is 9.61. The number of carbonyl (C=O) groups is 1. The van der Waals surface area contributed by atoms with Crippen molar-refractivity contribution in [1.29, 1.82) is 0 Å². The Morgan fingerprint density at radius 3 is 2.47 bits per heavy atom. The van der Waals surface area contributed by atoms with Gasteiger partial charge in [0.2, 0.25) is 0 Å². The number of amides is 1. The second-order valence-corrected chi connectivity index (χ2v) is 6.60. The molecule has 0 aliphatic carbocycles. The number of halogens is 4. The maximum absolute atomic E-state index is 12.2. The van der Waals surface area contributed by atoms with Crippen LogP contribution in [0.5, 0.6) is 0 Å². The summed E-state index contributed by atoms with van der Waals surface area (Å²) >= 11 is 5.64. The maximum atomic E-state index is 12.2. The molecule has 0 N–H and O–H groups in total. The maximum Gasteiger partial charge on any atom is 0.262 e. The van der Waals surface area contributed by atoms with E-state index < -0.39 is 32.8 Å². The zero-order valence-corrected chi connectivity index (χ0v) is 11.9. The number of hydrogen-bond acceptors (Lipinski definition) is 3. The third-order valence-electron chi connectivity index (χ3n) is 2.20. The van der Waals surface area contributed by atoms with E-state index in [-0.39, 0.29) is 10.6 Å². The van der Waals surface area contributed by atoms with E-state index in [0.717, 1.165) is 11.0 Å². The average molecular weight is 332 g/mol. The number of hydrogen-bond donors (Lipinski definition) is 0. The van der Waals surface area contributed by atoms with Crippen LogP contribution in [0.4, 0.5) is 8.78 Å². The van der Waals surface area contributed by atoms with Crippen LogP contribution in [-0.4, -0.2) is 39.2 Å². The Morgan fingerprint density at radius 1 is 1.42 bits per heavy atom. The molecule has 1 aromatic carbocycles. The van der Waals surface area contributed by atoms with Crippen molar-refractivity contribution in [2.24, 2.45) is 0 Å². The van der Waals surface area contributed by atoms with Crippen LogP contribution in [0.15, 0.2) is 23.1 Å². The van der Waals surface area contributed by atoms with Crippen molar-refractivity contribution in [3.05, 3.63) is 28.8 Å². The summed E-state index contributed by atoms with van der Waals surface area (Å²) in [4.78, 5) is 12.1. The molecule has 4 nitrogen and oxygen atoms in total. The van der Waals surface area contributed by atoms with E-state index in [1.54, 1.807) is 0 Å². The lowest BCUT2D eigenvalue weighted by Gasteiger charge is -2.16.